The largest absolute Gasteiger partial charge is 0.493 e. The van der Waals surface area contributed by atoms with Crippen molar-refractivity contribution in [3.63, 3.8) is 0 Å². The third-order valence-corrected chi connectivity index (χ3v) is 4.84. The molecule has 110 valence electrons. The van der Waals surface area contributed by atoms with Crippen molar-refractivity contribution >= 4 is 15.9 Å². The number of rotatable bonds is 4. The predicted octanol–water partition coefficient (Wildman–Crippen LogP) is 4.14. The van der Waals surface area contributed by atoms with Crippen LogP contribution in [0.4, 0.5) is 0 Å². The van der Waals surface area contributed by atoms with Crippen LogP contribution in [0.25, 0.3) is 0 Å². The number of benzene rings is 2. The Morgan fingerprint density at radius 2 is 1.86 bits per heavy atom. The van der Waals surface area contributed by atoms with Gasteiger partial charge in [0.05, 0.1) is 19.0 Å². The minimum absolute atomic E-state index is 0.0838. The zero-order chi connectivity index (χ0) is 14.8. The monoisotopic (exact) mass is 348 g/mol. The van der Waals surface area contributed by atoms with E-state index in [1.165, 1.54) is 5.56 Å². The number of ether oxygens (including phenoxy) is 3. The van der Waals surface area contributed by atoms with Gasteiger partial charge in [-0.1, -0.05) is 40.2 Å². The smallest absolute Gasteiger partial charge is 0.161 e. The standard InChI is InChI=1S/C17H17BrO3/c1-19-14-8-7-12(10-15(14)20-2)17(18)16-9-11-5-3-4-6-13(11)21-16/h3-8,10,16-17H,9H2,1-2H3. The van der Waals surface area contributed by atoms with E-state index < -0.39 is 0 Å². The molecule has 3 nitrogen and oxygen atoms in total. The molecule has 0 aromatic heterocycles. The molecule has 0 bridgehead atoms. The third-order valence-electron chi connectivity index (χ3n) is 3.72. The Morgan fingerprint density at radius 3 is 2.57 bits per heavy atom. The van der Waals surface area contributed by atoms with Crippen LogP contribution in [0.1, 0.15) is 16.0 Å². The number of fused-ring (bicyclic) bond motifs is 1. The van der Waals surface area contributed by atoms with Crippen molar-refractivity contribution in [1.82, 2.24) is 0 Å². The molecule has 2 atom stereocenters. The van der Waals surface area contributed by atoms with Crippen molar-refractivity contribution in [3.05, 3.63) is 53.6 Å². The first-order valence-electron chi connectivity index (χ1n) is 6.83. The molecular weight excluding hydrogens is 332 g/mol. The Hall–Kier alpha value is -1.68. The average Bonchev–Trinajstić information content (AvgIpc) is 2.97. The van der Waals surface area contributed by atoms with E-state index in [0.29, 0.717) is 0 Å². The van der Waals surface area contributed by atoms with Gasteiger partial charge in [-0.3, -0.25) is 0 Å². The lowest BCUT2D eigenvalue weighted by molar-refractivity contribution is 0.231. The zero-order valence-corrected chi connectivity index (χ0v) is 13.6. The van der Waals surface area contributed by atoms with E-state index in [0.717, 1.165) is 29.2 Å². The summed E-state index contributed by atoms with van der Waals surface area (Å²) in [6.07, 6.45) is 0.987. The third kappa shape index (κ3) is 2.72. The second-order valence-corrected chi connectivity index (χ2v) is 5.97. The van der Waals surface area contributed by atoms with E-state index in [1.807, 2.05) is 36.4 Å². The summed E-state index contributed by atoms with van der Waals surface area (Å²) >= 11 is 3.76. The van der Waals surface area contributed by atoms with E-state index in [9.17, 15) is 0 Å². The van der Waals surface area contributed by atoms with Crippen LogP contribution in [0.15, 0.2) is 42.5 Å². The second-order valence-electron chi connectivity index (χ2n) is 4.98. The van der Waals surface area contributed by atoms with Crippen molar-refractivity contribution in [3.8, 4) is 17.2 Å². The summed E-state index contributed by atoms with van der Waals surface area (Å²) in [5.74, 6) is 2.44. The van der Waals surface area contributed by atoms with Gasteiger partial charge in [-0.05, 0) is 29.3 Å². The second kappa shape index (κ2) is 5.98. The van der Waals surface area contributed by atoms with Crippen molar-refractivity contribution in [1.29, 1.82) is 0 Å². The lowest BCUT2D eigenvalue weighted by Gasteiger charge is -2.19. The number of methoxy groups -OCH3 is 2. The topological polar surface area (TPSA) is 27.7 Å². The lowest BCUT2D eigenvalue weighted by atomic mass is 10.0. The first-order chi connectivity index (χ1) is 10.2. The summed E-state index contributed by atoms with van der Waals surface area (Å²) in [6.45, 7) is 0. The van der Waals surface area contributed by atoms with Crippen LogP contribution >= 0.6 is 15.9 Å². The summed E-state index contributed by atoms with van der Waals surface area (Å²) < 4.78 is 16.7. The molecule has 0 fully saturated rings. The molecule has 1 aliphatic heterocycles. The maximum Gasteiger partial charge on any atom is 0.161 e. The fourth-order valence-corrected chi connectivity index (χ4v) is 3.19. The molecule has 0 N–H and O–H groups in total. The van der Waals surface area contributed by atoms with E-state index in [4.69, 9.17) is 14.2 Å². The molecule has 3 rings (SSSR count). The highest BCUT2D eigenvalue weighted by Gasteiger charge is 2.30. The van der Waals surface area contributed by atoms with Crippen molar-refractivity contribution in [2.45, 2.75) is 17.4 Å². The fourth-order valence-electron chi connectivity index (χ4n) is 2.61. The molecule has 0 spiro atoms. The van der Waals surface area contributed by atoms with Gasteiger partial charge in [0.2, 0.25) is 0 Å². The van der Waals surface area contributed by atoms with Gasteiger partial charge >= 0.3 is 0 Å². The summed E-state index contributed by atoms with van der Waals surface area (Å²) in [6, 6.07) is 14.1. The van der Waals surface area contributed by atoms with Gasteiger partial charge in [0.15, 0.2) is 11.5 Å². The molecule has 4 heteroatoms. The molecule has 0 radical (unpaired) electrons. The highest BCUT2D eigenvalue weighted by atomic mass is 79.9. The summed E-state index contributed by atoms with van der Waals surface area (Å²) in [5, 5.41) is 0. The molecule has 2 unspecified atom stereocenters. The molecular formula is C17H17BrO3. The zero-order valence-electron chi connectivity index (χ0n) is 12.0. The van der Waals surface area contributed by atoms with E-state index in [1.54, 1.807) is 14.2 Å². The Kier molecular flexibility index (Phi) is 4.06. The Bertz CT molecular complexity index is 617. The van der Waals surface area contributed by atoms with Gasteiger partial charge in [-0.25, -0.2) is 0 Å². The molecule has 0 aliphatic carbocycles. The molecule has 0 saturated carbocycles. The quantitative estimate of drug-likeness (QED) is 0.777. The highest BCUT2D eigenvalue weighted by Crippen LogP contribution is 2.40. The molecule has 0 saturated heterocycles. The first kappa shape index (κ1) is 14.3. The van der Waals surface area contributed by atoms with Gasteiger partial charge in [0.25, 0.3) is 0 Å². The van der Waals surface area contributed by atoms with Crippen LogP contribution in [0, 0.1) is 0 Å². The van der Waals surface area contributed by atoms with Crippen LogP contribution in [0.3, 0.4) is 0 Å². The minimum atomic E-state index is 0.0838. The van der Waals surface area contributed by atoms with E-state index in [-0.39, 0.29) is 10.9 Å². The molecule has 21 heavy (non-hydrogen) atoms. The highest BCUT2D eigenvalue weighted by molar-refractivity contribution is 9.09. The van der Waals surface area contributed by atoms with Gasteiger partial charge in [0, 0.05) is 6.42 Å². The van der Waals surface area contributed by atoms with Crippen LogP contribution in [0.5, 0.6) is 17.2 Å². The number of hydrogen-bond acceptors (Lipinski definition) is 3. The molecule has 1 aliphatic rings. The summed E-state index contributed by atoms with van der Waals surface area (Å²) in [5.41, 5.74) is 2.37. The van der Waals surface area contributed by atoms with E-state index >= 15 is 0 Å². The van der Waals surface area contributed by atoms with Crippen molar-refractivity contribution < 1.29 is 14.2 Å². The normalized spacial score (nSPS) is 17.8. The Morgan fingerprint density at radius 1 is 1.10 bits per heavy atom. The van der Waals surface area contributed by atoms with Gasteiger partial charge < -0.3 is 14.2 Å². The molecule has 2 aromatic rings. The average molecular weight is 349 g/mol. The first-order valence-corrected chi connectivity index (χ1v) is 7.75. The number of para-hydroxylation sites is 1. The van der Waals surface area contributed by atoms with Crippen LogP contribution in [-0.2, 0) is 6.42 Å². The van der Waals surface area contributed by atoms with Gasteiger partial charge in [-0.2, -0.15) is 0 Å². The maximum atomic E-state index is 6.03. The summed E-state index contributed by atoms with van der Waals surface area (Å²) in [7, 11) is 3.28. The van der Waals surface area contributed by atoms with Crippen molar-refractivity contribution in [2.24, 2.45) is 0 Å². The maximum absolute atomic E-state index is 6.03. The lowest BCUT2D eigenvalue weighted by Crippen LogP contribution is -2.19. The molecule has 1 heterocycles. The molecule has 2 aromatic carbocycles. The van der Waals surface area contributed by atoms with Crippen LogP contribution < -0.4 is 14.2 Å². The SMILES string of the molecule is COc1ccc(C(Br)C2Cc3ccccc3O2)cc1OC. The molecule has 0 amide bonds. The predicted molar refractivity (Wildman–Crippen MR) is 85.8 cm³/mol. The minimum Gasteiger partial charge on any atom is -0.493 e. The number of hydrogen-bond donors (Lipinski definition) is 0. The van der Waals surface area contributed by atoms with Crippen LogP contribution in [-0.4, -0.2) is 20.3 Å². The van der Waals surface area contributed by atoms with Crippen LogP contribution in [0.2, 0.25) is 0 Å². The van der Waals surface area contributed by atoms with E-state index in [2.05, 4.69) is 22.0 Å². The number of alkyl halides is 1. The van der Waals surface area contributed by atoms with Gasteiger partial charge in [-0.15, -0.1) is 0 Å². The number of halogens is 1. The Labute approximate surface area is 133 Å². The van der Waals surface area contributed by atoms with Crippen molar-refractivity contribution in [2.75, 3.05) is 14.2 Å². The van der Waals surface area contributed by atoms with Gasteiger partial charge in [0.1, 0.15) is 11.9 Å². The summed E-state index contributed by atoms with van der Waals surface area (Å²) in [4.78, 5) is 0.102. The fraction of sp³-hybridized carbons (Fsp3) is 0.294. The Balaban J connectivity index is 1.82.